The number of ether oxygens (including phenoxy) is 1. The molecule has 0 unspecified atom stereocenters. The van der Waals surface area contributed by atoms with Crippen molar-refractivity contribution in [1.29, 1.82) is 0 Å². The Morgan fingerprint density at radius 3 is 2.83 bits per heavy atom. The highest BCUT2D eigenvalue weighted by Gasteiger charge is 2.15. The standard InChI is InChI=1S/C13H18N2O3/c16-7-5-15-13(17)11-3-1-10(2-4-11)12-9-14-6-8-18-12/h1-4,12,14,16H,5-9H2,(H,15,17)/t12-/m1/s1. The van der Waals surface area contributed by atoms with Crippen LogP contribution in [0.5, 0.6) is 0 Å². The van der Waals surface area contributed by atoms with E-state index in [-0.39, 0.29) is 25.2 Å². The third kappa shape index (κ3) is 3.29. The van der Waals surface area contributed by atoms with Crippen molar-refractivity contribution in [3.8, 4) is 0 Å². The third-order valence-electron chi connectivity index (χ3n) is 2.87. The highest BCUT2D eigenvalue weighted by atomic mass is 16.5. The van der Waals surface area contributed by atoms with Gasteiger partial charge in [-0.15, -0.1) is 0 Å². The highest BCUT2D eigenvalue weighted by molar-refractivity contribution is 5.94. The van der Waals surface area contributed by atoms with E-state index in [1.165, 1.54) is 0 Å². The molecule has 5 heteroatoms. The number of morpholine rings is 1. The summed E-state index contributed by atoms with van der Waals surface area (Å²) in [5.74, 6) is -0.168. The molecule has 18 heavy (non-hydrogen) atoms. The van der Waals surface area contributed by atoms with E-state index < -0.39 is 0 Å². The van der Waals surface area contributed by atoms with Gasteiger partial charge in [0.15, 0.2) is 0 Å². The molecule has 1 heterocycles. The van der Waals surface area contributed by atoms with Crippen LogP contribution in [0, 0.1) is 0 Å². The Labute approximate surface area is 106 Å². The fraction of sp³-hybridized carbons (Fsp3) is 0.462. The predicted octanol–water partition coefficient (Wildman–Crippen LogP) is 0.0696. The number of carbonyl (C=O) groups is 1. The molecule has 0 radical (unpaired) electrons. The lowest BCUT2D eigenvalue weighted by Gasteiger charge is -2.24. The minimum Gasteiger partial charge on any atom is -0.395 e. The van der Waals surface area contributed by atoms with E-state index in [0.29, 0.717) is 12.2 Å². The number of nitrogens with one attached hydrogen (secondary N) is 2. The van der Waals surface area contributed by atoms with Gasteiger partial charge in [-0.3, -0.25) is 4.79 Å². The van der Waals surface area contributed by atoms with Crippen LogP contribution in [0.2, 0.25) is 0 Å². The molecule has 0 aromatic heterocycles. The summed E-state index contributed by atoms with van der Waals surface area (Å²) in [5, 5.41) is 14.5. The van der Waals surface area contributed by atoms with Gasteiger partial charge < -0.3 is 20.5 Å². The van der Waals surface area contributed by atoms with E-state index in [9.17, 15) is 4.79 Å². The van der Waals surface area contributed by atoms with Crippen molar-refractivity contribution in [3.05, 3.63) is 35.4 Å². The summed E-state index contributed by atoms with van der Waals surface area (Å²) in [6.45, 7) is 2.62. The fourth-order valence-electron chi connectivity index (χ4n) is 1.90. The maximum absolute atomic E-state index is 11.6. The lowest BCUT2D eigenvalue weighted by atomic mass is 10.1. The molecule has 1 aromatic rings. The van der Waals surface area contributed by atoms with E-state index in [4.69, 9.17) is 9.84 Å². The lowest BCUT2D eigenvalue weighted by Crippen LogP contribution is -2.33. The van der Waals surface area contributed by atoms with Crippen LogP contribution in [-0.4, -0.2) is 43.9 Å². The van der Waals surface area contributed by atoms with E-state index >= 15 is 0 Å². The second kappa shape index (κ2) is 6.49. The molecule has 1 aliphatic heterocycles. The first-order valence-corrected chi connectivity index (χ1v) is 6.12. The van der Waals surface area contributed by atoms with Gasteiger partial charge >= 0.3 is 0 Å². The SMILES string of the molecule is O=C(NCCO)c1ccc([C@H]2CNCCO2)cc1. The Kier molecular flexibility index (Phi) is 4.69. The summed E-state index contributed by atoms with van der Waals surface area (Å²) < 4.78 is 5.63. The average Bonchev–Trinajstić information content (AvgIpc) is 2.46. The summed E-state index contributed by atoms with van der Waals surface area (Å²) >= 11 is 0. The molecule has 1 atom stereocenters. The van der Waals surface area contributed by atoms with Gasteiger partial charge in [-0.2, -0.15) is 0 Å². The molecule has 1 aromatic carbocycles. The van der Waals surface area contributed by atoms with Crippen LogP contribution in [-0.2, 0) is 4.74 Å². The van der Waals surface area contributed by atoms with Gasteiger partial charge in [-0.1, -0.05) is 12.1 Å². The molecular weight excluding hydrogens is 232 g/mol. The topological polar surface area (TPSA) is 70.6 Å². The zero-order valence-corrected chi connectivity index (χ0v) is 10.2. The number of benzene rings is 1. The maximum Gasteiger partial charge on any atom is 0.251 e. The largest absolute Gasteiger partial charge is 0.395 e. The molecule has 0 spiro atoms. The molecule has 0 saturated carbocycles. The number of hydrogen-bond acceptors (Lipinski definition) is 4. The first kappa shape index (κ1) is 13.0. The maximum atomic E-state index is 11.6. The monoisotopic (exact) mass is 250 g/mol. The zero-order valence-electron chi connectivity index (χ0n) is 10.2. The van der Waals surface area contributed by atoms with Crippen molar-refractivity contribution < 1.29 is 14.6 Å². The minimum absolute atomic E-state index is 0.0502. The van der Waals surface area contributed by atoms with Crippen molar-refractivity contribution in [2.45, 2.75) is 6.10 Å². The number of amides is 1. The van der Waals surface area contributed by atoms with Crippen LogP contribution in [0.25, 0.3) is 0 Å². The Morgan fingerprint density at radius 2 is 2.22 bits per heavy atom. The molecular formula is C13H18N2O3. The normalized spacial score (nSPS) is 19.5. The highest BCUT2D eigenvalue weighted by Crippen LogP contribution is 2.18. The van der Waals surface area contributed by atoms with Gasteiger partial charge in [0, 0.05) is 25.2 Å². The number of aliphatic hydroxyl groups is 1. The smallest absolute Gasteiger partial charge is 0.251 e. The Bertz CT molecular complexity index is 386. The molecule has 1 saturated heterocycles. The van der Waals surface area contributed by atoms with E-state index in [2.05, 4.69) is 10.6 Å². The summed E-state index contributed by atoms with van der Waals surface area (Å²) in [4.78, 5) is 11.6. The Morgan fingerprint density at radius 1 is 1.44 bits per heavy atom. The summed E-state index contributed by atoms with van der Waals surface area (Å²) in [6.07, 6.45) is 0.0632. The fourth-order valence-corrected chi connectivity index (χ4v) is 1.90. The van der Waals surface area contributed by atoms with E-state index in [1.807, 2.05) is 12.1 Å². The van der Waals surface area contributed by atoms with Gasteiger partial charge in [0.2, 0.25) is 0 Å². The first-order chi connectivity index (χ1) is 8.81. The van der Waals surface area contributed by atoms with Gasteiger partial charge in [0.25, 0.3) is 5.91 Å². The van der Waals surface area contributed by atoms with Gasteiger partial charge in [-0.05, 0) is 17.7 Å². The van der Waals surface area contributed by atoms with Crippen molar-refractivity contribution in [3.63, 3.8) is 0 Å². The first-order valence-electron chi connectivity index (χ1n) is 6.12. The summed E-state index contributed by atoms with van der Waals surface area (Å²) in [5.41, 5.74) is 1.66. The Hall–Kier alpha value is -1.43. The second-order valence-corrected chi connectivity index (χ2v) is 4.17. The summed E-state index contributed by atoms with van der Waals surface area (Å²) in [7, 11) is 0. The van der Waals surface area contributed by atoms with Gasteiger partial charge in [0.1, 0.15) is 0 Å². The van der Waals surface area contributed by atoms with Crippen molar-refractivity contribution in [2.24, 2.45) is 0 Å². The van der Waals surface area contributed by atoms with Crippen LogP contribution in [0.4, 0.5) is 0 Å². The number of hydrogen-bond donors (Lipinski definition) is 3. The van der Waals surface area contributed by atoms with Crippen LogP contribution < -0.4 is 10.6 Å². The Balaban J connectivity index is 1.98. The van der Waals surface area contributed by atoms with Crippen molar-refractivity contribution >= 4 is 5.91 Å². The molecule has 98 valence electrons. The molecule has 1 aliphatic rings. The van der Waals surface area contributed by atoms with Crippen LogP contribution in [0.3, 0.4) is 0 Å². The lowest BCUT2D eigenvalue weighted by molar-refractivity contribution is 0.0277. The second-order valence-electron chi connectivity index (χ2n) is 4.17. The van der Waals surface area contributed by atoms with Crippen LogP contribution >= 0.6 is 0 Å². The number of carbonyl (C=O) groups excluding carboxylic acids is 1. The summed E-state index contributed by atoms with van der Waals surface area (Å²) in [6, 6.07) is 7.37. The van der Waals surface area contributed by atoms with Crippen molar-refractivity contribution in [1.82, 2.24) is 10.6 Å². The zero-order chi connectivity index (χ0) is 12.8. The average molecular weight is 250 g/mol. The molecule has 0 aliphatic carbocycles. The van der Waals surface area contributed by atoms with Crippen LogP contribution in [0.15, 0.2) is 24.3 Å². The molecule has 1 amide bonds. The van der Waals surface area contributed by atoms with Gasteiger partial charge in [-0.25, -0.2) is 0 Å². The van der Waals surface area contributed by atoms with E-state index in [0.717, 1.165) is 18.7 Å². The molecule has 3 N–H and O–H groups in total. The van der Waals surface area contributed by atoms with E-state index in [1.54, 1.807) is 12.1 Å². The van der Waals surface area contributed by atoms with Crippen LogP contribution in [0.1, 0.15) is 22.0 Å². The predicted molar refractivity (Wildman–Crippen MR) is 67.4 cm³/mol. The third-order valence-corrected chi connectivity index (χ3v) is 2.87. The molecule has 0 bridgehead atoms. The van der Waals surface area contributed by atoms with Crippen molar-refractivity contribution in [2.75, 3.05) is 32.8 Å². The molecule has 5 nitrogen and oxygen atoms in total. The minimum atomic E-state index is -0.168. The quantitative estimate of drug-likeness (QED) is 0.707. The number of rotatable bonds is 4. The van der Waals surface area contributed by atoms with Gasteiger partial charge in [0.05, 0.1) is 19.3 Å². The molecule has 2 rings (SSSR count). The molecule has 1 fully saturated rings. The number of aliphatic hydroxyl groups excluding tert-OH is 1.